The Morgan fingerprint density at radius 1 is 0.328 bits per heavy atom. The molecule has 9 aromatic carbocycles. The van der Waals surface area contributed by atoms with Gasteiger partial charge in [-0.25, -0.2) is 0 Å². The first-order valence-corrected chi connectivity index (χ1v) is 19.9. The highest BCUT2D eigenvalue weighted by atomic mass is 15.1. The molecule has 0 saturated heterocycles. The summed E-state index contributed by atoms with van der Waals surface area (Å²) in [5.74, 6) is 0. The summed E-state index contributed by atoms with van der Waals surface area (Å²) in [4.78, 5) is 2.37. The van der Waals surface area contributed by atoms with E-state index in [0.717, 1.165) is 17.1 Å². The van der Waals surface area contributed by atoms with Crippen LogP contribution in [0.25, 0.3) is 82.5 Å². The van der Waals surface area contributed by atoms with E-state index in [1.807, 2.05) is 0 Å². The van der Waals surface area contributed by atoms with Crippen LogP contribution in [-0.4, -0.2) is 4.40 Å². The zero-order valence-electron chi connectivity index (χ0n) is 31.8. The van der Waals surface area contributed by atoms with Gasteiger partial charge in [0, 0.05) is 39.5 Å². The highest BCUT2D eigenvalue weighted by Gasteiger charge is 2.19. The molecule has 0 atom stereocenters. The summed E-state index contributed by atoms with van der Waals surface area (Å²) in [6.45, 7) is 0. The van der Waals surface area contributed by atoms with Crippen LogP contribution in [0.5, 0.6) is 0 Å². The van der Waals surface area contributed by atoms with E-state index in [-0.39, 0.29) is 0 Å². The zero-order chi connectivity index (χ0) is 38.4. The van der Waals surface area contributed by atoms with Crippen molar-refractivity contribution in [3.63, 3.8) is 0 Å². The third-order valence-electron chi connectivity index (χ3n) is 11.6. The first-order valence-electron chi connectivity index (χ1n) is 19.9. The highest BCUT2D eigenvalue weighted by Crippen LogP contribution is 2.43. The molecular weight excluding hydrogens is 701 g/mol. The van der Waals surface area contributed by atoms with Crippen molar-refractivity contribution in [3.8, 4) is 44.5 Å². The molecule has 0 saturated carbocycles. The van der Waals surface area contributed by atoms with E-state index in [4.69, 9.17) is 0 Å². The number of benzene rings is 9. The van der Waals surface area contributed by atoms with Gasteiger partial charge in [0.25, 0.3) is 0 Å². The van der Waals surface area contributed by atoms with Crippen LogP contribution in [0.4, 0.5) is 17.1 Å². The minimum atomic E-state index is 1.11. The molecule has 2 nitrogen and oxygen atoms in total. The van der Waals surface area contributed by atoms with Gasteiger partial charge in [0.1, 0.15) is 0 Å². The molecule has 11 rings (SSSR count). The second-order valence-corrected chi connectivity index (χ2v) is 15.0. The van der Waals surface area contributed by atoms with E-state index < -0.39 is 0 Å². The molecule has 0 unspecified atom stereocenters. The number of hydrogen-bond donors (Lipinski definition) is 0. The Hall–Kier alpha value is -7.68. The molecule has 0 bridgehead atoms. The van der Waals surface area contributed by atoms with Crippen LogP contribution in [0, 0.1) is 0 Å². The molecule has 0 aliphatic heterocycles. The fraction of sp³-hybridized carbons (Fsp3) is 0. The Kier molecular flexibility index (Phi) is 8.19. The molecule has 0 fully saturated rings. The van der Waals surface area contributed by atoms with E-state index in [9.17, 15) is 0 Å². The van der Waals surface area contributed by atoms with Crippen molar-refractivity contribution >= 4 is 55.0 Å². The quantitative estimate of drug-likeness (QED) is 0.158. The lowest BCUT2D eigenvalue weighted by Gasteiger charge is -2.27. The topological polar surface area (TPSA) is 7.65 Å². The average Bonchev–Trinajstić information content (AvgIpc) is 3.63. The maximum Gasteiger partial charge on any atom is 0.0613 e. The fourth-order valence-corrected chi connectivity index (χ4v) is 8.76. The largest absolute Gasteiger partial charge is 0.315 e. The SMILES string of the molecule is c1ccc(-c2ccc(N(c3ccc(-c4ccc(-c5cccc6c(-c7ccccc7)c7cc8ccccc8cn7c56)cc4)cc3)c3cccc4ccccc34)cc2)cc1. The Bertz CT molecular complexity index is 3230. The Labute approximate surface area is 338 Å². The van der Waals surface area contributed by atoms with Crippen molar-refractivity contribution in [1.29, 1.82) is 0 Å². The summed E-state index contributed by atoms with van der Waals surface area (Å²) in [6.07, 6.45) is 2.30. The second-order valence-electron chi connectivity index (χ2n) is 15.0. The first-order chi connectivity index (χ1) is 28.8. The normalized spacial score (nSPS) is 11.4. The summed E-state index contributed by atoms with van der Waals surface area (Å²) in [6, 6.07) is 81.3. The van der Waals surface area contributed by atoms with Gasteiger partial charge in [-0.15, -0.1) is 0 Å². The predicted molar refractivity (Wildman–Crippen MR) is 246 cm³/mol. The Morgan fingerprint density at radius 2 is 0.810 bits per heavy atom. The van der Waals surface area contributed by atoms with Crippen LogP contribution in [0.15, 0.2) is 231 Å². The molecular formula is C56H38N2. The highest BCUT2D eigenvalue weighted by molar-refractivity contribution is 6.12. The number of rotatable bonds is 7. The molecule has 2 heteroatoms. The number of aromatic nitrogens is 1. The van der Waals surface area contributed by atoms with Crippen molar-refractivity contribution < 1.29 is 0 Å². The minimum absolute atomic E-state index is 1.11. The van der Waals surface area contributed by atoms with E-state index in [2.05, 4.69) is 240 Å². The number of nitrogens with zero attached hydrogens (tertiary/aromatic N) is 2. The van der Waals surface area contributed by atoms with Gasteiger partial charge >= 0.3 is 0 Å². The smallest absolute Gasteiger partial charge is 0.0613 e. The van der Waals surface area contributed by atoms with Crippen molar-refractivity contribution in [2.45, 2.75) is 0 Å². The fourth-order valence-electron chi connectivity index (χ4n) is 8.76. The van der Waals surface area contributed by atoms with Crippen molar-refractivity contribution in [1.82, 2.24) is 4.40 Å². The molecule has 0 aliphatic rings. The van der Waals surface area contributed by atoms with Crippen LogP contribution >= 0.6 is 0 Å². The maximum absolute atomic E-state index is 2.40. The number of para-hydroxylation sites is 1. The molecule has 2 aromatic heterocycles. The standard InChI is InChI=1S/C56H38N2/c1-3-13-39(14-4-1)41-29-33-48(34-30-41)58(53-24-11-20-43-15-9-10-21-50(43)53)49-35-31-42(32-36-49)40-25-27-44(28-26-40)51-22-12-23-52-55(45-16-5-2-6-17-45)54-37-46-18-7-8-19-47(46)38-57(54)56(51)52/h1-38H. The summed E-state index contributed by atoms with van der Waals surface area (Å²) in [7, 11) is 0. The van der Waals surface area contributed by atoms with Crippen LogP contribution in [0.1, 0.15) is 0 Å². The molecule has 58 heavy (non-hydrogen) atoms. The van der Waals surface area contributed by atoms with E-state index in [0.29, 0.717) is 0 Å². The van der Waals surface area contributed by atoms with Gasteiger partial charge in [-0.1, -0.05) is 188 Å². The lowest BCUT2D eigenvalue weighted by molar-refractivity contribution is 1.28. The third kappa shape index (κ3) is 5.82. The van der Waals surface area contributed by atoms with Gasteiger partial charge in [-0.3, -0.25) is 0 Å². The lowest BCUT2D eigenvalue weighted by atomic mass is 9.97. The summed E-state index contributed by atoms with van der Waals surface area (Å²) < 4.78 is 2.40. The molecule has 2 heterocycles. The van der Waals surface area contributed by atoms with Gasteiger partial charge < -0.3 is 9.30 Å². The number of anilines is 3. The minimum Gasteiger partial charge on any atom is -0.315 e. The number of hydrogen-bond acceptors (Lipinski definition) is 1. The third-order valence-corrected chi connectivity index (χ3v) is 11.6. The number of fused-ring (bicyclic) bond motifs is 5. The molecule has 0 spiro atoms. The van der Waals surface area contributed by atoms with Crippen LogP contribution in [0.2, 0.25) is 0 Å². The summed E-state index contributed by atoms with van der Waals surface area (Å²) in [5.41, 5.74) is 15.5. The van der Waals surface area contributed by atoms with E-state index in [1.165, 1.54) is 82.5 Å². The van der Waals surface area contributed by atoms with Gasteiger partial charge in [0.05, 0.1) is 16.7 Å². The molecule has 0 radical (unpaired) electrons. The molecule has 0 N–H and O–H groups in total. The monoisotopic (exact) mass is 738 g/mol. The van der Waals surface area contributed by atoms with Gasteiger partial charge in [0.2, 0.25) is 0 Å². The van der Waals surface area contributed by atoms with E-state index in [1.54, 1.807) is 0 Å². The van der Waals surface area contributed by atoms with Crippen LogP contribution in [0.3, 0.4) is 0 Å². The summed E-state index contributed by atoms with van der Waals surface area (Å²) in [5, 5.41) is 6.16. The average molecular weight is 739 g/mol. The zero-order valence-corrected chi connectivity index (χ0v) is 31.8. The van der Waals surface area contributed by atoms with Crippen molar-refractivity contribution in [2.24, 2.45) is 0 Å². The predicted octanol–water partition coefficient (Wildman–Crippen LogP) is 15.5. The van der Waals surface area contributed by atoms with Crippen LogP contribution in [-0.2, 0) is 0 Å². The van der Waals surface area contributed by atoms with Crippen LogP contribution < -0.4 is 4.90 Å². The van der Waals surface area contributed by atoms with Gasteiger partial charge in [-0.05, 0) is 85.9 Å². The van der Waals surface area contributed by atoms with E-state index >= 15 is 0 Å². The molecule has 11 aromatic rings. The first kappa shape index (κ1) is 33.6. The van der Waals surface area contributed by atoms with Gasteiger partial charge in [0.15, 0.2) is 0 Å². The van der Waals surface area contributed by atoms with Gasteiger partial charge in [-0.2, -0.15) is 0 Å². The Balaban J connectivity index is 0.975. The lowest BCUT2D eigenvalue weighted by Crippen LogP contribution is -2.10. The maximum atomic E-state index is 2.40. The molecule has 272 valence electrons. The molecule has 0 aliphatic carbocycles. The van der Waals surface area contributed by atoms with Crippen molar-refractivity contribution in [2.75, 3.05) is 4.90 Å². The Morgan fingerprint density at radius 3 is 1.48 bits per heavy atom. The number of pyridine rings is 1. The van der Waals surface area contributed by atoms with Crippen molar-refractivity contribution in [3.05, 3.63) is 231 Å². The second kappa shape index (κ2) is 14.1. The molecule has 0 amide bonds. The summed E-state index contributed by atoms with van der Waals surface area (Å²) >= 11 is 0.